The fraction of sp³-hybridized carbons (Fsp3) is 0.765. The van der Waals surface area contributed by atoms with Crippen LogP contribution in [-0.2, 0) is 13.1 Å². The smallest absolute Gasteiger partial charge is 0.118 e. The number of piperazine rings is 1. The molecule has 0 aromatic carbocycles. The third kappa shape index (κ3) is 4.09. The highest BCUT2D eigenvalue weighted by Gasteiger charge is 2.31. The molecule has 0 atom stereocenters. The summed E-state index contributed by atoms with van der Waals surface area (Å²) in [4.78, 5) is 5.23. The monoisotopic (exact) mass is 291 g/mol. The molecule has 0 amide bonds. The van der Waals surface area contributed by atoms with Crippen LogP contribution in [0.2, 0.25) is 0 Å². The second kappa shape index (κ2) is 6.51. The topological polar surface area (TPSA) is 31.7 Å². The van der Waals surface area contributed by atoms with Crippen LogP contribution >= 0.6 is 0 Å². The molecule has 1 saturated heterocycles. The van der Waals surface area contributed by atoms with Gasteiger partial charge in [-0.3, -0.25) is 9.80 Å². The Morgan fingerprint density at radius 3 is 2.57 bits per heavy atom. The lowest BCUT2D eigenvalue weighted by Crippen LogP contribution is -2.46. The van der Waals surface area contributed by atoms with E-state index >= 15 is 0 Å². The predicted octanol–water partition coefficient (Wildman–Crippen LogP) is 2.37. The van der Waals surface area contributed by atoms with Gasteiger partial charge in [-0.1, -0.05) is 13.8 Å². The van der Waals surface area contributed by atoms with Crippen molar-refractivity contribution in [2.45, 2.75) is 58.8 Å². The quantitative estimate of drug-likeness (QED) is 0.872. The number of nitrogens with zero attached hydrogens (tertiary/aromatic N) is 2. The molecule has 118 valence electrons. The maximum absolute atomic E-state index is 5.88. The largest absolute Gasteiger partial charge is 0.465 e. The van der Waals surface area contributed by atoms with Gasteiger partial charge in [0.15, 0.2) is 0 Å². The normalized spacial score (nSPS) is 21.3. The molecule has 1 aliphatic carbocycles. The van der Waals surface area contributed by atoms with E-state index in [0.29, 0.717) is 6.04 Å². The minimum absolute atomic E-state index is 0.495. The van der Waals surface area contributed by atoms with E-state index in [0.717, 1.165) is 30.7 Å². The van der Waals surface area contributed by atoms with Crippen LogP contribution in [0.25, 0.3) is 0 Å². The first-order chi connectivity index (χ1) is 10.1. The van der Waals surface area contributed by atoms with Gasteiger partial charge in [-0.05, 0) is 25.8 Å². The van der Waals surface area contributed by atoms with Crippen molar-refractivity contribution in [2.24, 2.45) is 0 Å². The van der Waals surface area contributed by atoms with Crippen LogP contribution in [0.5, 0.6) is 0 Å². The Balaban J connectivity index is 1.50. The molecule has 0 radical (unpaired) electrons. The van der Waals surface area contributed by atoms with E-state index in [9.17, 15) is 0 Å². The van der Waals surface area contributed by atoms with E-state index in [1.807, 2.05) is 0 Å². The number of aryl methyl sites for hydroxylation is 1. The van der Waals surface area contributed by atoms with Crippen molar-refractivity contribution in [3.8, 4) is 0 Å². The van der Waals surface area contributed by atoms with E-state index in [-0.39, 0.29) is 0 Å². The fourth-order valence-corrected chi connectivity index (χ4v) is 3.10. The number of rotatable bonds is 6. The van der Waals surface area contributed by atoms with Crippen LogP contribution in [0.3, 0.4) is 0 Å². The zero-order chi connectivity index (χ0) is 14.8. The van der Waals surface area contributed by atoms with Gasteiger partial charge in [0.05, 0.1) is 6.54 Å². The molecule has 1 aromatic rings. The number of hydrogen-bond acceptors (Lipinski definition) is 4. The van der Waals surface area contributed by atoms with E-state index in [1.165, 1.54) is 44.6 Å². The summed E-state index contributed by atoms with van der Waals surface area (Å²) in [5.41, 5.74) is 1.36. The second-order valence-corrected chi connectivity index (χ2v) is 6.87. The highest BCUT2D eigenvalue weighted by atomic mass is 16.3. The molecule has 3 rings (SSSR count). The van der Waals surface area contributed by atoms with Crippen molar-refractivity contribution in [3.05, 3.63) is 23.2 Å². The van der Waals surface area contributed by atoms with Gasteiger partial charge in [-0.15, -0.1) is 0 Å². The molecule has 1 N–H and O–H groups in total. The average Bonchev–Trinajstić information content (AvgIpc) is 3.24. The van der Waals surface area contributed by atoms with Gasteiger partial charge in [-0.2, -0.15) is 0 Å². The highest BCUT2D eigenvalue weighted by Crippen LogP contribution is 2.28. The first-order valence-electron chi connectivity index (χ1n) is 8.40. The van der Waals surface area contributed by atoms with E-state index in [2.05, 4.69) is 42.0 Å². The van der Waals surface area contributed by atoms with Crippen molar-refractivity contribution in [1.29, 1.82) is 0 Å². The zero-order valence-electron chi connectivity index (χ0n) is 13.7. The van der Waals surface area contributed by atoms with Gasteiger partial charge in [0.1, 0.15) is 11.5 Å². The van der Waals surface area contributed by atoms with Crippen molar-refractivity contribution >= 4 is 0 Å². The Morgan fingerprint density at radius 2 is 1.95 bits per heavy atom. The summed E-state index contributed by atoms with van der Waals surface area (Å²) in [6.45, 7) is 13.2. The zero-order valence-corrected chi connectivity index (χ0v) is 13.7. The lowest BCUT2D eigenvalue weighted by molar-refractivity contribution is 0.121. The van der Waals surface area contributed by atoms with Crippen LogP contribution in [-0.4, -0.2) is 48.1 Å². The second-order valence-electron chi connectivity index (χ2n) is 6.87. The molecular weight excluding hydrogens is 262 g/mol. The Labute approximate surface area is 128 Å². The molecule has 0 bridgehead atoms. The summed E-state index contributed by atoms with van der Waals surface area (Å²) < 4.78 is 5.88. The number of nitrogens with one attached hydrogen (secondary N) is 1. The summed E-state index contributed by atoms with van der Waals surface area (Å²) >= 11 is 0. The number of furan rings is 1. The first kappa shape index (κ1) is 15.1. The van der Waals surface area contributed by atoms with Gasteiger partial charge in [0, 0.05) is 50.4 Å². The molecule has 2 fully saturated rings. The molecular formula is C17H29N3O. The van der Waals surface area contributed by atoms with E-state index < -0.39 is 0 Å². The predicted molar refractivity (Wildman–Crippen MR) is 85.3 cm³/mol. The minimum atomic E-state index is 0.495. The maximum atomic E-state index is 5.88. The van der Waals surface area contributed by atoms with Gasteiger partial charge < -0.3 is 9.73 Å². The van der Waals surface area contributed by atoms with Crippen molar-refractivity contribution in [1.82, 2.24) is 15.1 Å². The van der Waals surface area contributed by atoms with Gasteiger partial charge in [0.2, 0.25) is 0 Å². The van der Waals surface area contributed by atoms with Crippen LogP contribution in [0, 0.1) is 6.92 Å². The number of hydrogen-bond donors (Lipinski definition) is 1. The van der Waals surface area contributed by atoms with Crippen molar-refractivity contribution in [3.63, 3.8) is 0 Å². The third-order valence-electron chi connectivity index (χ3n) is 4.62. The summed E-state index contributed by atoms with van der Waals surface area (Å²) in [7, 11) is 0. The Morgan fingerprint density at radius 1 is 1.24 bits per heavy atom. The molecule has 0 unspecified atom stereocenters. The lowest BCUT2D eigenvalue weighted by atomic mass is 10.2. The standard InChI is InChI=1S/C17H29N3O/c1-13(2)18-11-17-10-15(14(3)21-17)12-19-6-8-20(9-7-19)16-4-5-16/h10,13,16,18H,4-9,11-12H2,1-3H3. The Bertz CT molecular complexity index is 457. The third-order valence-corrected chi connectivity index (χ3v) is 4.62. The molecule has 0 spiro atoms. The maximum Gasteiger partial charge on any atom is 0.118 e. The van der Waals surface area contributed by atoms with E-state index in [4.69, 9.17) is 4.42 Å². The van der Waals surface area contributed by atoms with E-state index in [1.54, 1.807) is 0 Å². The molecule has 1 aliphatic heterocycles. The van der Waals surface area contributed by atoms with Crippen LogP contribution < -0.4 is 5.32 Å². The summed E-state index contributed by atoms with van der Waals surface area (Å²) in [6.07, 6.45) is 2.85. The minimum Gasteiger partial charge on any atom is -0.465 e. The molecule has 1 saturated carbocycles. The van der Waals surface area contributed by atoms with Crippen molar-refractivity contribution in [2.75, 3.05) is 26.2 Å². The van der Waals surface area contributed by atoms with Gasteiger partial charge >= 0.3 is 0 Å². The summed E-state index contributed by atoms with van der Waals surface area (Å²) in [5.74, 6) is 2.15. The lowest BCUT2D eigenvalue weighted by Gasteiger charge is -2.34. The summed E-state index contributed by atoms with van der Waals surface area (Å²) in [5, 5.41) is 3.42. The molecule has 4 heteroatoms. The highest BCUT2D eigenvalue weighted by molar-refractivity contribution is 5.21. The summed E-state index contributed by atoms with van der Waals surface area (Å²) in [6, 6.07) is 3.64. The van der Waals surface area contributed by atoms with Crippen molar-refractivity contribution < 1.29 is 4.42 Å². The molecule has 1 aromatic heterocycles. The van der Waals surface area contributed by atoms with Crippen LogP contribution in [0.15, 0.2) is 10.5 Å². The van der Waals surface area contributed by atoms with Crippen LogP contribution in [0.4, 0.5) is 0 Å². The molecule has 2 aliphatic rings. The van der Waals surface area contributed by atoms with Crippen LogP contribution in [0.1, 0.15) is 43.8 Å². The fourth-order valence-electron chi connectivity index (χ4n) is 3.10. The Hall–Kier alpha value is -0.840. The first-order valence-corrected chi connectivity index (χ1v) is 8.40. The van der Waals surface area contributed by atoms with Gasteiger partial charge in [-0.25, -0.2) is 0 Å². The molecule has 4 nitrogen and oxygen atoms in total. The van der Waals surface area contributed by atoms with Gasteiger partial charge in [0.25, 0.3) is 0 Å². The SMILES string of the molecule is Cc1oc(CNC(C)C)cc1CN1CCN(C2CC2)CC1. The Kier molecular flexibility index (Phi) is 4.67. The average molecular weight is 291 g/mol. The molecule has 2 heterocycles. The molecule has 21 heavy (non-hydrogen) atoms.